The molecule has 0 spiro atoms. The van der Waals surface area contributed by atoms with Gasteiger partial charge in [0.1, 0.15) is 5.15 Å². The van der Waals surface area contributed by atoms with Crippen molar-refractivity contribution >= 4 is 40.9 Å². The van der Waals surface area contributed by atoms with Crippen LogP contribution in [0.4, 0.5) is 0 Å². The highest BCUT2D eigenvalue weighted by atomic mass is 35.5. The summed E-state index contributed by atoms with van der Waals surface area (Å²) < 4.78 is 0. The van der Waals surface area contributed by atoms with Crippen molar-refractivity contribution in [1.82, 2.24) is 4.98 Å². The molecule has 0 N–H and O–H groups in total. The van der Waals surface area contributed by atoms with E-state index in [-0.39, 0.29) is 10.3 Å². The lowest BCUT2D eigenvalue weighted by Crippen LogP contribution is -1.96. The molecule has 1 aromatic carbocycles. The van der Waals surface area contributed by atoms with E-state index in [0.29, 0.717) is 16.1 Å². The first-order chi connectivity index (χ1) is 8.09. The van der Waals surface area contributed by atoms with E-state index in [1.54, 1.807) is 30.3 Å². The number of nitrogens with zero attached hydrogens (tertiary/aromatic N) is 1. The quantitative estimate of drug-likeness (QED) is 0.664. The highest BCUT2D eigenvalue weighted by Gasteiger charge is 2.14. The van der Waals surface area contributed by atoms with E-state index in [9.17, 15) is 4.79 Å². The lowest BCUT2D eigenvalue weighted by molar-refractivity contribution is 0.109. The summed E-state index contributed by atoms with van der Waals surface area (Å²) in [6.45, 7) is 0. The van der Waals surface area contributed by atoms with E-state index in [0.717, 1.165) is 5.56 Å². The van der Waals surface area contributed by atoms with Gasteiger partial charge in [-0.1, -0.05) is 35.3 Å². The van der Waals surface area contributed by atoms with Crippen molar-refractivity contribution in [2.75, 3.05) is 0 Å². The molecule has 0 amide bonds. The number of carbonyl (C=O) groups excluding carboxylic acids is 1. The fourth-order valence-electron chi connectivity index (χ4n) is 1.51. The predicted octanol–water partition coefficient (Wildman–Crippen LogP) is 4.13. The molecule has 2 aromatic rings. The Balaban J connectivity index is 2.65. The van der Waals surface area contributed by atoms with Crippen molar-refractivity contribution in [3.05, 3.63) is 52.3 Å². The van der Waals surface area contributed by atoms with Crippen molar-refractivity contribution in [3.8, 4) is 11.1 Å². The lowest BCUT2D eigenvalue weighted by atomic mass is 10.0. The summed E-state index contributed by atoms with van der Waals surface area (Å²) in [6, 6.07) is 8.61. The molecule has 0 aliphatic rings. The highest BCUT2D eigenvalue weighted by Crippen LogP contribution is 2.31. The van der Waals surface area contributed by atoms with Gasteiger partial charge in [-0.25, -0.2) is 4.98 Å². The maximum atomic E-state index is 11.4. The summed E-state index contributed by atoms with van der Waals surface area (Å²) in [5.41, 5.74) is 1.78. The molecular weight excluding hydrogens is 277 g/mol. The number of halogens is 2. The Bertz CT molecular complexity index is 569. The van der Waals surface area contributed by atoms with Crippen LogP contribution in [-0.2, 0) is 0 Å². The Morgan fingerprint density at radius 2 is 1.76 bits per heavy atom. The molecule has 0 atom stereocenters. The molecule has 0 unspecified atom stereocenters. The van der Waals surface area contributed by atoms with Crippen LogP contribution in [0.5, 0.6) is 0 Å². The smallest absolute Gasteiger partial charge is 0.217 e. The number of hydrogen-bond acceptors (Lipinski definition) is 2. The molecular formula is C12H7Cl2NOS. The maximum absolute atomic E-state index is 11.4. The maximum Gasteiger partial charge on any atom is 0.217 e. The fourth-order valence-corrected chi connectivity index (χ4v) is 2.09. The minimum Gasteiger partial charge on any atom is -0.282 e. The van der Waals surface area contributed by atoms with E-state index in [1.807, 2.05) is 0 Å². The summed E-state index contributed by atoms with van der Waals surface area (Å²) in [7, 11) is 0. The van der Waals surface area contributed by atoms with Crippen LogP contribution in [0.3, 0.4) is 0 Å². The second-order valence-electron chi connectivity index (χ2n) is 3.34. The molecule has 1 aromatic heterocycles. The Morgan fingerprint density at radius 3 is 2.35 bits per heavy atom. The third kappa shape index (κ3) is 2.63. The number of aromatic nitrogens is 1. The third-order valence-electron chi connectivity index (χ3n) is 2.27. The van der Waals surface area contributed by atoms with Gasteiger partial charge in [-0.3, -0.25) is 4.79 Å². The first-order valence-corrected chi connectivity index (χ1v) is 5.93. The number of carbonyl (C=O) groups is 1. The summed E-state index contributed by atoms with van der Waals surface area (Å²) in [5, 5.41) is 0.541. The second-order valence-corrected chi connectivity index (χ2v) is 4.54. The van der Waals surface area contributed by atoms with E-state index >= 15 is 0 Å². The molecule has 1 heterocycles. The van der Waals surface area contributed by atoms with Gasteiger partial charge in [0.25, 0.3) is 0 Å². The molecule has 0 bridgehead atoms. The fraction of sp³-hybridized carbons (Fsp3) is 0. The zero-order valence-corrected chi connectivity index (χ0v) is 10.9. The van der Waals surface area contributed by atoms with E-state index in [2.05, 4.69) is 17.6 Å². The third-order valence-corrected chi connectivity index (χ3v) is 3.05. The SMILES string of the molecule is O=C(S)c1ccnc(Cl)c1-c1ccc(Cl)cc1. The molecule has 0 aliphatic heterocycles. The van der Waals surface area contributed by atoms with Gasteiger partial charge >= 0.3 is 0 Å². The highest BCUT2D eigenvalue weighted by molar-refractivity contribution is 7.97. The topological polar surface area (TPSA) is 30.0 Å². The van der Waals surface area contributed by atoms with Crippen LogP contribution in [-0.4, -0.2) is 10.1 Å². The normalized spacial score (nSPS) is 10.3. The van der Waals surface area contributed by atoms with Crippen molar-refractivity contribution in [3.63, 3.8) is 0 Å². The van der Waals surface area contributed by atoms with Gasteiger partial charge in [0.05, 0.1) is 0 Å². The lowest BCUT2D eigenvalue weighted by Gasteiger charge is -2.08. The monoisotopic (exact) mass is 283 g/mol. The molecule has 0 radical (unpaired) electrons. The van der Waals surface area contributed by atoms with Gasteiger partial charge in [-0.05, 0) is 23.8 Å². The number of rotatable bonds is 2. The number of pyridine rings is 1. The molecule has 2 rings (SSSR count). The standard InChI is InChI=1S/C12H7Cl2NOS/c13-8-3-1-7(2-4-8)10-9(12(16)17)5-6-15-11(10)14/h1-6H,(H,16,17). The number of hydrogen-bond donors (Lipinski definition) is 1. The average Bonchev–Trinajstić information content (AvgIpc) is 2.30. The van der Waals surface area contributed by atoms with Crippen LogP contribution in [0.15, 0.2) is 36.5 Å². The van der Waals surface area contributed by atoms with Gasteiger partial charge in [-0.15, -0.1) is 12.6 Å². The molecule has 0 saturated carbocycles. The summed E-state index contributed by atoms with van der Waals surface area (Å²) >= 11 is 15.7. The first kappa shape index (κ1) is 12.4. The predicted molar refractivity (Wildman–Crippen MR) is 73.0 cm³/mol. The van der Waals surface area contributed by atoms with Crippen LogP contribution in [0.2, 0.25) is 10.2 Å². The number of benzene rings is 1. The molecule has 0 fully saturated rings. The van der Waals surface area contributed by atoms with Crippen LogP contribution in [0.1, 0.15) is 10.4 Å². The minimum atomic E-state index is -0.348. The van der Waals surface area contributed by atoms with E-state index < -0.39 is 0 Å². The zero-order chi connectivity index (χ0) is 12.4. The van der Waals surface area contributed by atoms with E-state index in [1.165, 1.54) is 6.20 Å². The largest absolute Gasteiger partial charge is 0.282 e. The molecule has 0 aliphatic carbocycles. The van der Waals surface area contributed by atoms with Crippen molar-refractivity contribution in [1.29, 1.82) is 0 Å². The van der Waals surface area contributed by atoms with Crippen molar-refractivity contribution in [2.24, 2.45) is 0 Å². The summed E-state index contributed by atoms with van der Waals surface area (Å²) in [6.07, 6.45) is 1.48. The van der Waals surface area contributed by atoms with Crippen LogP contribution >= 0.6 is 35.8 Å². The Morgan fingerprint density at radius 1 is 1.12 bits per heavy atom. The zero-order valence-electron chi connectivity index (χ0n) is 8.52. The van der Waals surface area contributed by atoms with E-state index in [4.69, 9.17) is 23.2 Å². The molecule has 2 nitrogen and oxygen atoms in total. The van der Waals surface area contributed by atoms with Crippen LogP contribution < -0.4 is 0 Å². The van der Waals surface area contributed by atoms with Gasteiger partial charge < -0.3 is 0 Å². The molecule has 0 saturated heterocycles. The molecule has 5 heteroatoms. The number of thiol groups is 1. The molecule has 17 heavy (non-hydrogen) atoms. The summed E-state index contributed by atoms with van der Waals surface area (Å²) in [5.74, 6) is 0. The Kier molecular flexibility index (Phi) is 3.72. The van der Waals surface area contributed by atoms with Crippen LogP contribution in [0.25, 0.3) is 11.1 Å². The average molecular weight is 284 g/mol. The van der Waals surface area contributed by atoms with Crippen molar-refractivity contribution < 1.29 is 4.79 Å². The van der Waals surface area contributed by atoms with Crippen molar-refractivity contribution in [2.45, 2.75) is 0 Å². The van der Waals surface area contributed by atoms with Crippen LogP contribution in [0, 0.1) is 0 Å². The van der Waals surface area contributed by atoms with Gasteiger partial charge in [0.15, 0.2) is 0 Å². The minimum absolute atomic E-state index is 0.271. The first-order valence-electron chi connectivity index (χ1n) is 4.73. The second kappa shape index (κ2) is 5.08. The Labute approximate surface area is 114 Å². The van der Waals surface area contributed by atoms with Gasteiger partial charge in [0, 0.05) is 22.3 Å². The summed E-state index contributed by atoms with van der Waals surface area (Å²) in [4.78, 5) is 15.4. The van der Waals surface area contributed by atoms with Gasteiger partial charge in [-0.2, -0.15) is 0 Å². The molecule has 86 valence electrons. The Hall–Kier alpha value is -1.03. The van der Waals surface area contributed by atoms with Gasteiger partial charge in [0.2, 0.25) is 5.12 Å².